The molecule has 0 bridgehead atoms. The highest BCUT2D eigenvalue weighted by atomic mass is 16.4. The molecule has 7 heteroatoms. The topological polar surface area (TPSA) is 95.4 Å². The number of aliphatic carboxylic acids is 1. The van der Waals surface area contributed by atoms with Gasteiger partial charge in [0.05, 0.1) is 12.2 Å². The summed E-state index contributed by atoms with van der Waals surface area (Å²) in [5, 5.41) is 12.0. The van der Waals surface area contributed by atoms with E-state index in [1.165, 1.54) is 4.90 Å². The first-order valence-electron chi connectivity index (χ1n) is 7.13. The summed E-state index contributed by atoms with van der Waals surface area (Å²) in [5.41, 5.74) is 0.706. The second-order valence-corrected chi connectivity index (χ2v) is 5.15. The number of amides is 2. The average molecular weight is 292 g/mol. The Morgan fingerprint density at radius 3 is 2.95 bits per heavy atom. The van der Waals surface area contributed by atoms with Crippen molar-refractivity contribution in [2.75, 3.05) is 6.54 Å². The Labute approximate surface area is 123 Å². The Balaban J connectivity index is 1.98. The highest BCUT2D eigenvalue weighted by Gasteiger charge is 2.30. The molecular weight excluding hydrogens is 272 g/mol. The van der Waals surface area contributed by atoms with Crippen LogP contribution in [-0.4, -0.2) is 44.6 Å². The van der Waals surface area contributed by atoms with Crippen molar-refractivity contribution >= 4 is 12.0 Å². The number of nitrogens with zero attached hydrogens (tertiary/aromatic N) is 3. The van der Waals surface area contributed by atoms with Gasteiger partial charge in [0.25, 0.3) is 0 Å². The van der Waals surface area contributed by atoms with Crippen molar-refractivity contribution in [3.8, 4) is 0 Å². The Hall–Kier alpha value is -2.18. The van der Waals surface area contributed by atoms with Crippen molar-refractivity contribution in [3.63, 3.8) is 0 Å². The van der Waals surface area contributed by atoms with Crippen LogP contribution in [0.2, 0.25) is 0 Å². The fourth-order valence-corrected chi connectivity index (χ4v) is 2.48. The molecule has 1 aliphatic rings. The van der Waals surface area contributed by atoms with Crippen molar-refractivity contribution in [3.05, 3.63) is 23.8 Å². The number of likely N-dealkylation sites (tertiary alicyclic amines) is 1. The first-order chi connectivity index (χ1) is 10.1. The largest absolute Gasteiger partial charge is 0.480 e. The summed E-state index contributed by atoms with van der Waals surface area (Å²) < 4.78 is 0. The maximum atomic E-state index is 12.2. The number of aromatic nitrogens is 2. The lowest BCUT2D eigenvalue weighted by Gasteiger charge is -2.27. The first kappa shape index (κ1) is 15.2. The van der Waals surface area contributed by atoms with Crippen LogP contribution in [0.5, 0.6) is 0 Å². The number of hydrogen-bond donors (Lipinski definition) is 2. The lowest BCUT2D eigenvalue weighted by atomic mass is 10.1. The van der Waals surface area contributed by atoms with Crippen LogP contribution in [0.3, 0.4) is 0 Å². The maximum absolute atomic E-state index is 12.2. The van der Waals surface area contributed by atoms with Gasteiger partial charge in [0.1, 0.15) is 11.9 Å². The van der Waals surface area contributed by atoms with E-state index in [9.17, 15) is 14.7 Å². The molecule has 0 aromatic carbocycles. The minimum atomic E-state index is -0.940. The zero-order chi connectivity index (χ0) is 15.2. The van der Waals surface area contributed by atoms with E-state index in [2.05, 4.69) is 15.3 Å². The van der Waals surface area contributed by atoms with Gasteiger partial charge in [-0.1, -0.05) is 12.8 Å². The molecule has 0 radical (unpaired) electrons. The van der Waals surface area contributed by atoms with Crippen molar-refractivity contribution in [2.45, 2.75) is 45.2 Å². The molecule has 2 rings (SSSR count). The van der Waals surface area contributed by atoms with E-state index in [0.29, 0.717) is 24.5 Å². The van der Waals surface area contributed by atoms with Crippen molar-refractivity contribution in [1.82, 2.24) is 20.2 Å². The van der Waals surface area contributed by atoms with E-state index in [1.807, 2.05) is 0 Å². The molecule has 1 unspecified atom stereocenters. The van der Waals surface area contributed by atoms with Crippen LogP contribution < -0.4 is 5.32 Å². The summed E-state index contributed by atoms with van der Waals surface area (Å²) in [6.45, 7) is 2.53. The minimum Gasteiger partial charge on any atom is -0.480 e. The molecule has 7 nitrogen and oxygen atoms in total. The molecule has 114 valence electrons. The van der Waals surface area contributed by atoms with Crippen LogP contribution in [-0.2, 0) is 11.3 Å². The van der Waals surface area contributed by atoms with Gasteiger partial charge in [-0.05, 0) is 25.8 Å². The molecule has 2 amide bonds. The van der Waals surface area contributed by atoms with E-state index in [0.717, 1.165) is 19.3 Å². The fourth-order valence-electron chi connectivity index (χ4n) is 2.48. The number of rotatable bonds is 3. The standard InChI is InChI=1S/C14H20N4O3/c1-10-15-7-6-11(17-10)9-16-14(21)18-8-4-2-3-5-12(18)13(19)20/h6-7,12H,2-5,8-9H2,1H3,(H,16,21)(H,19,20). The number of carbonyl (C=O) groups excluding carboxylic acids is 1. The second-order valence-electron chi connectivity index (χ2n) is 5.15. The van der Waals surface area contributed by atoms with Crippen LogP contribution in [0.15, 0.2) is 12.3 Å². The second kappa shape index (κ2) is 7.01. The van der Waals surface area contributed by atoms with Gasteiger partial charge in [0.15, 0.2) is 0 Å². The molecule has 1 atom stereocenters. The smallest absolute Gasteiger partial charge is 0.326 e. The van der Waals surface area contributed by atoms with Crippen LogP contribution in [0.4, 0.5) is 4.79 Å². The summed E-state index contributed by atoms with van der Waals surface area (Å²) >= 11 is 0. The number of aryl methyl sites for hydroxylation is 1. The van der Waals surface area contributed by atoms with Crippen molar-refractivity contribution < 1.29 is 14.7 Å². The van der Waals surface area contributed by atoms with Gasteiger partial charge < -0.3 is 15.3 Å². The molecule has 2 N–H and O–H groups in total. The Bertz CT molecular complexity index is 521. The summed E-state index contributed by atoms with van der Waals surface area (Å²) in [6, 6.07) is 0.643. The highest BCUT2D eigenvalue weighted by Crippen LogP contribution is 2.17. The highest BCUT2D eigenvalue weighted by molar-refractivity contribution is 5.82. The van der Waals surface area contributed by atoms with Crippen LogP contribution in [0.1, 0.15) is 37.2 Å². The quantitative estimate of drug-likeness (QED) is 0.876. The van der Waals surface area contributed by atoms with E-state index in [-0.39, 0.29) is 12.6 Å². The monoisotopic (exact) mass is 292 g/mol. The van der Waals surface area contributed by atoms with Gasteiger partial charge in [0, 0.05) is 12.7 Å². The molecule has 1 fully saturated rings. The van der Waals surface area contributed by atoms with Gasteiger partial charge in [0.2, 0.25) is 0 Å². The third-order valence-electron chi connectivity index (χ3n) is 3.55. The van der Waals surface area contributed by atoms with Gasteiger partial charge in [-0.2, -0.15) is 0 Å². The third kappa shape index (κ3) is 4.14. The molecule has 21 heavy (non-hydrogen) atoms. The normalized spacial score (nSPS) is 18.9. The molecule has 1 saturated heterocycles. The number of carboxylic acid groups (broad SMARTS) is 1. The van der Waals surface area contributed by atoms with Crippen LogP contribution in [0.25, 0.3) is 0 Å². The predicted molar refractivity (Wildman–Crippen MR) is 75.6 cm³/mol. The Kier molecular flexibility index (Phi) is 5.08. The summed E-state index contributed by atoms with van der Waals surface area (Å²) in [6.07, 6.45) is 4.78. The SMILES string of the molecule is Cc1nccc(CNC(=O)N2CCCCCC2C(=O)O)n1. The van der Waals surface area contributed by atoms with Crippen LogP contribution >= 0.6 is 0 Å². The fraction of sp³-hybridized carbons (Fsp3) is 0.571. The predicted octanol–water partition coefficient (Wildman–Crippen LogP) is 1.32. The third-order valence-corrected chi connectivity index (χ3v) is 3.55. The van der Waals surface area contributed by atoms with Crippen molar-refractivity contribution in [2.24, 2.45) is 0 Å². The zero-order valence-electron chi connectivity index (χ0n) is 12.1. The average Bonchev–Trinajstić information content (AvgIpc) is 2.70. The Morgan fingerprint density at radius 1 is 1.43 bits per heavy atom. The van der Waals surface area contributed by atoms with Gasteiger partial charge in [-0.25, -0.2) is 19.6 Å². The zero-order valence-corrected chi connectivity index (χ0v) is 12.1. The summed E-state index contributed by atoms with van der Waals surface area (Å²) in [5.74, 6) is -0.301. The molecule has 0 saturated carbocycles. The van der Waals surface area contributed by atoms with E-state index < -0.39 is 12.0 Å². The number of carbonyl (C=O) groups is 2. The lowest BCUT2D eigenvalue weighted by molar-refractivity contribution is -0.142. The summed E-state index contributed by atoms with van der Waals surface area (Å²) in [4.78, 5) is 33.1. The molecule has 1 aromatic rings. The lowest BCUT2D eigenvalue weighted by Crippen LogP contribution is -2.49. The Morgan fingerprint density at radius 2 is 2.24 bits per heavy atom. The number of carboxylic acids is 1. The van der Waals surface area contributed by atoms with Gasteiger partial charge in [-0.3, -0.25) is 0 Å². The number of hydrogen-bond acceptors (Lipinski definition) is 4. The van der Waals surface area contributed by atoms with E-state index in [1.54, 1.807) is 19.2 Å². The number of nitrogens with one attached hydrogen (secondary N) is 1. The van der Waals surface area contributed by atoms with Crippen LogP contribution in [0, 0.1) is 6.92 Å². The minimum absolute atomic E-state index is 0.269. The molecular formula is C14H20N4O3. The molecule has 0 aliphatic carbocycles. The number of urea groups is 1. The first-order valence-corrected chi connectivity index (χ1v) is 7.13. The van der Waals surface area contributed by atoms with Gasteiger partial charge >= 0.3 is 12.0 Å². The van der Waals surface area contributed by atoms with E-state index in [4.69, 9.17) is 0 Å². The molecule has 0 spiro atoms. The van der Waals surface area contributed by atoms with Gasteiger partial charge in [-0.15, -0.1) is 0 Å². The molecule has 1 aromatic heterocycles. The molecule has 1 aliphatic heterocycles. The summed E-state index contributed by atoms with van der Waals surface area (Å²) in [7, 11) is 0. The van der Waals surface area contributed by atoms with Crippen molar-refractivity contribution in [1.29, 1.82) is 0 Å². The molecule has 2 heterocycles. The maximum Gasteiger partial charge on any atom is 0.326 e. The van der Waals surface area contributed by atoms with E-state index >= 15 is 0 Å².